The van der Waals surface area contributed by atoms with E-state index >= 15 is 0 Å². The summed E-state index contributed by atoms with van der Waals surface area (Å²) in [6, 6.07) is 0. The third-order valence-electron chi connectivity index (χ3n) is 2.10. The molecule has 0 radical (unpaired) electrons. The lowest BCUT2D eigenvalue weighted by Crippen LogP contribution is -2.12. The molecule has 3 heteroatoms. The van der Waals surface area contributed by atoms with E-state index in [0.29, 0.717) is 28.3 Å². The van der Waals surface area contributed by atoms with Gasteiger partial charge in [-0.05, 0) is 12.8 Å². The predicted octanol–water partition coefficient (Wildman–Crippen LogP) is 4.46. The third-order valence-corrected chi connectivity index (χ3v) is 3.67. The van der Waals surface area contributed by atoms with E-state index in [1.54, 1.807) is 0 Å². The number of Topliss-reactive ketones (excluding diaryl/α,β-unsaturated/α-hetero) is 1. The van der Waals surface area contributed by atoms with Crippen molar-refractivity contribution in [3.05, 3.63) is 0 Å². The van der Waals surface area contributed by atoms with Gasteiger partial charge in [0.2, 0.25) is 0 Å². The molecule has 0 fully saturated rings. The van der Waals surface area contributed by atoms with Gasteiger partial charge in [-0.2, -0.15) is 0 Å². The zero-order chi connectivity index (χ0) is 11.0. The van der Waals surface area contributed by atoms with Crippen molar-refractivity contribution in [3.8, 4) is 0 Å². The van der Waals surface area contributed by atoms with Crippen LogP contribution in [-0.4, -0.2) is 15.4 Å². The number of carbonyl (C=O) groups is 1. The first-order valence-electron chi connectivity index (χ1n) is 5.39. The van der Waals surface area contributed by atoms with Gasteiger partial charge in [0.15, 0.2) is 0 Å². The van der Waals surface area contributed by atoms with Crippen LogP contribution in [-0.2, 0) is 4.79 Å². The Morgan fingerprint density at radius 3 is 1.64 bits per heavy atom. The Morgan fingerprint density at radius 1 is 1.00 bits per heavy atom. The smallest absolute Gasteiger partial charge is 0.135 e. The minimum Gasteiger partial charge on any atom is -0.300 e. The molecule has 2 atom stereocenters. The van der Waals surface area contributed by atoms with E-state index in [4.69, 9.17) is 0 Å². The van der Waals surface area contributed by atoms with Crippen LogP contribution in [0.4, 0.5) is 0 Å². The van der Waals surface area contributed by atoms with E-state index in [0.717, 1.165) is 25.7 Å². The highest BCUT2D eigenvalue weighted by atomic mass is 79.9. The summed E-state index contributed by atoms with van der Waals surface area (Å²) in [7, 11) is 0. The maximum atomic E-state index is 11.6. The van der Waals surface area contributed by atoms with E-state index in [1.807, 2.05) is 0 Å². The van der Waals surface area contributed by atoms with Crippen LogP contribution < -0.4 is 0 Å². The highest BCUT2D eigenvalue weighted by Gasteiger charge is 2.13. The Labute approximate surface area is 104 Å². The van der Waals surface area contributed by atoms with Gasteiger partial charge in [0.05, 0.1) is 0 Å². The van der Waals surface area contributed by atoms with Crippen LogP contribution in [0.25, 0.3) is 0 Å². The SMILES string of the molecule is CCCC(Br)CC(=O)CC(Br)CCC. The van der Waals surface area contributed by atoms with Gasteiger partial charge in [-0.15, -0.1) is 0 Å². The molecule has 0 aromatic rings. The maximum Gasteiger partial charge on any atom is 0.135 e. The van der Waals surface area contributed by atoms with Crippen LogP contribution in [0.1, 0.15) is 52.4 Å². The van der Waals surface area contributed by atoms with Crippen molar-refractivity contribution in [2.75, 3.05) is 0 Å². The van der Waals surface area contributed by atoms with Crippen LogP contribution in [0.3, 0.4) is 0 Å². The lowest BCUT2D eigenvalue weighted by molar-refractivity contribution is -0.119. The largest absolute Gasteiger partial charge is 0.300 e. The summed E-state index contributed by atoms with van der Waals surface area (Å²) in [5.74, 6) is 0.371. The number of rotatable bonds is 8. The summed E-state index contributed by atoms with van der Waals surface area (Å²) in [4.78, 5) is 12.3. The fraction of sp³-hybridized carbons (Fsp3) is 0.909. The quantitative estimate of drug-likeness (QED) is 0.601. The Bertz CT molecular complexity index is 143. The van der Waals surface area contributed by atoms with Gasteiger partial charge in [0.25, 0.3) is 0 Å². The van der Waals surface area contributed by atoms with Crippen LogP contribution in [0.15, 0.2) is 0 Å². The summed E-state index contributed by atoms with van der Waals surface area (Å²) in [6.07, 6.45) is 5.81. The zero-order valence-electron chi connectivity index (χ0n) is 9.06. The minimum absolute atomic E-state index is 0.371. The molecule has 1 nitrogen and oxygen atoms in total. The number of alkyl halides is 2. The molecular formula is C11H20Br2O. The van der Waals surface area contributed by atoms with Gasteiger partial charge in [0.1, 0.15) is 5.78 Å². The van der Waals surface area contributed by atoms with E-state index < -0.39 is 0 Å². The molecule has 84 valence electrons. The number of carbonyl (C=O) groups excluding carboxylic acids is 1. The fourth-order valence-corrected chi connectivity index (χ4v) is 3.05. The van der Waals surface area contributed by atoms with Gasteiger partial charge in [-0.1, -0.05) is 58.5 Å². The Hall–Kier alpha value is 0.630. The minimum atomic E-state index is 0.371. The second kappa shape index (κ2) is 8.90. The monoisotopic (exact) mass is 326 g/mol. The molecule has 0 aliphatic heterocycles. The molecule has 0 saturated heterocycles. The molecule has 0 aromatic carbocycles. The van der Waals surface area contributed by atoms with Crippen LogP contribution >= 0.6 is 31.9 Å². The lowest BCUT2D eigenvalue weighted by Gasteiger charge is -2.10. The Balaban J connectivity index is 3.63. The van der Waals surface area contributed by atoms with Crippen molar-refractivity contribution in [1.82, 2.24) is 0 Å². The van der Waals surface area contributed by atoms with Crippen molar-refractivity contribution in [2.24, 2.45) is 0 Å². The topological polar surface area (TPSA) is 17.1 Å². The average molecular weight is 328 g/mol. The van der Waals surface area contributed by atoms with Gasteiger partial charge < -0.3 is 0 Å². The summed E-state index contributed by atoms with van der Waals surface area (Å²) in [5.41, 5.74) is 0. The molecule has 0 amide bonds. The molecule has 0 spiro atoms. The van der Waals surface area contributed by atoms with Gasteiger partial charge >= 0.3 is 0 Å². The van der Waals surface area contributed by atoms with Crippen LogP contribution in [0.2, 0.25) is 0 Å². The Morgan fingerprint density at radius 2 is 1.36 bits per heavy atom. The van der Waals surface area contributed by atoms with Crippen LogP contribution in [0, 0.1) is 0 Å². The molecule has 0 heterocycles. The van der Waals surface area contributed by atoms with Gasteiger partial charge in [-0.3, -0.25) is 4.79 Å². The molecule has 0 bridgehead atoms. The van der Waals surface area contributed by atoms with Gasteiger partial charge in [-0.25, -0.2) is 0 Å². The van der Waals surface area contributed by atoms with E-state index in [9.17, 15) is 4.79 Å². The van der Waals surface area contributed by atoms with Crippen LogP contribution in [0.5, 0.6) is 0 Å². The van der Waals surface area contributed by atoms with Gasteiger partial charge in [0, 0.05) is 22.5 Å². The average Bonchev–Trinajstić information content (AvgIpc) is 2.03. The molecule has 0 aromatic heterocycles. The Kier molecular flexibility index (Phi) is 9.30. The molecule has 2 unspecified atom stereocenters. The maximum absolute atomic E-state index is 11.6. The summed E-state index contributed by atoms with van der Waals surface area (Å²) in [5, 5.41) is 0. The van der Waals surface area contributed by atoms with E-state index in [-0.39, 0.29) is 0 Å². The second-order valence-electron chi connectivity index (χ2n) is 3.72. The van der Waals surface area contributed by atoms with E-state index in [1.165, 1.54) is 0 Å². The second-order valence-corrected chi connectivity index (χ2v) is 6.31. The normalized spacial score (nSPS) is 15.1. The summed E-state index contributed by atoms with van der Waals surface area (Å²) in [6.45, 7) is 4.28. The molecule has 0 N–H and O–H groups in total. The zero-order valence-corrected chi connectivity index (χ0v) is 12.2. The number of hydrogen-bond acceptors (Lipinski definition) is 1. The molecule has 14 heavy (non-hydrogen) atoms. The molecule has 0 aliphatic carbocycles. The van der Waals surface area contributed by atoms with Crippen molar-refractivity contribution in [1.29, 1.82) is 0 Å². The molecule has 0 aliphatic rings. The van der Waals surface area contributed by atoms with Crippen molar-refractivity contribution in [3.63, 3.8) is 0 Å². The molecule has 0 rings (SSSR count). The molecule has 0 saturated carbocycles. The first-order chi connectivity index (χ1) is 6.60. The summed E-state index contributed by atoms with van der Waals surface area (Å²) < 4.78 is 0. The van der Waals surface area contributed by atoms with Crippen molar-refractivity contribution < 1.29 is 4.79 Å². The van der Waals surface area contributed by atoms with Crippen molar-refractivity contribution in [2.45, 2.75) is 62.0 Å². The number of halogens is 2. The lowest BCUT2D eigenvalue weighted by atomic mass is 10.1. The number of hydrogen-bond donors (Lipinski definition) is 0. The predicted molar refractivity (Wildman–Crippen MR) is 69.5 cm³/mol. The molecular weight excluding hydrogens is 308 g/mol. The highest BCUT2D eigenvalue weighted by Crippen LogP contribution is 2.18. The first kappa shape index (κ1) is 14.6. The first-order valence-corrected chi connectivity index (χ1v) is 7.23. The van der Waals surface area contributed by atoms with Crippen molar-refractivity contribution >= 4 is 37.6 Å². The fourth-order valence-electron chi connectivity index (χ4n) is 1.41. The number of ketones is 1. The highest BCUT2D eigenvalue weighted by molar-refractivity contribution is 9.09. The standard InChI is InChI=1S/C11H20Br2O/c1-3-5-9(12)7-11(14)8-10(13)6-4-2/h9-10H,3-8H2,1-2H3. The van der Waals surface area contributed by atoms with E-state index in [2.05, 4.69) is 45.7 Å². The third kappa shape index (κ3) is 7.98. The summed E-state index contributed by atoms with van der Waals surface area (Å²) >= 11 is 7.06.